The fourth-order valence-electron chi connectivity index (χ4n) is 2.80. The van der Waals surface area contributed by atoms with E-state index in [2.05, 4.69) is 5.32 Å². The van der Waals surface area contributed by atoms with Crippen LogP contribution < -0.4 is 10.2 Å². The number of hydrogen-bond acceptors (Lipinski definition) is 4. The molecule has 9 heteroatoms. The average Bonchev–Trinajstić information content (AvgIpc) is 3.05. The Morgan fingerprint density at radius 3 is 2.54 bits per heavy atom. The molecule has 2 amide bonds. The molecule has 6 nitrogen and oxygen atoms in total. The minimum absolute atomic E-state index is 0.0339. The first kappa shape index (κ1) is 20.5. The Balaban J connectivity index is 1.57. The van der Waals surface area contributed by atoms with Gasteiger partial charge in [-0.3, -0.25) is 14.4 Å². The van der Waals surface area contributed by atoms with Gasteiger partial charge in [0.05, 0.1) is 32.4 Å². The van der Waals surface area contributed by atoms with Crippen molar-refractivity contribution in [2.45, 2.75) is 6.42 Å². The van der Waals surface area contributed by atoms with Gasteiger partial charge in [0.2, 0.25) is 5.91 Å². The quantitative estimate of drug-likeness (QED) is 0.706. The van der Waals surface area contributed by atoms with Crippen molar-refractivity contribution in [3.8, 4) is 0 Å². The van der Waals surface area contributed by atoms with Crippen LogP contribution in [0, 0.1) is 5.92 Å². The van der Waals surface area contributed by atoms with Crippen LogP contribution in [0.4, 0.5) is 11.4 Å². The minimum Gasteiger partial charge on any atom is -0.455 e. The van der Waals surface area contributed by atoms with Crippen LogP contribution >= 0.6 is 34.8 Å². The van der Waals surface area contributed by atoms with Crippen LogP contribution in [0.15, 0.2) is 42.5 Å². The first-order valence-corrected chi connectivity index (χ1v) is 9.45. The second kappa shape index (κ2) is 8.82. The highest BCUT2D eigenvalue weighted by Crippen LogP contribution is 2.35. The standard InChI is InChI=1S/C19H15Cl3N2O4/c20-12-4-1-2-6-14(12)23-16(25)10-28-19(27)11-8-17(26)24(9-11)15-7-3-5-13(21)18(15)22/h1-7,11H,8-10H2,(H,23,25)/t11-/m0/s1. The van der Waals surface area contributed by atoms with E-state index in [0.717, 1.165) is 0 Å². The average molecular weight is 442 g/mol. The van der Waals surface area contributed by atoms with Gasteiger partial charge in [-0.1, -0.05) is 53.0 Å². The van der Waals surface area contributed by atoms with Crippen molar-refractivity contribution >= 4 is 64.0 Å². The second-order valence-electron chi connectivity index (χ2n) is 6.11. The smallest absolute Gasteiger partial charge is 0.311 e. The molecule has 0 bridgehead atoms. The maximum atomic E-state index is 12.3. The lowest BCUT2D eigenvalue weighted by atomic mass is 10.1. The predicted molar refractivity (Wildman–Crippen MR) is 108 cm³/mol. The van der Waals surface area contributed by atoms with Crippen LogP contribution in [0.3, 0.4) is 0 Å². The van der Waals surface area contributed by atoms with Crippen LogP contribution in [0.2, 0.25) is 15.1 Å². The Labute approximate surface area is 176 Å². The summed E-state index contributed by atoms with van der Waals surface area (Å²) in [4.78, 5) is 37.9. The third-order valence-corrected chi connectivity index (χ3v) is 5.31. The Kier molecular flexibility index (Phi) is 6.44. The number of nitrogens with zero attached hydrogens (tertiary/aromatic N) is 1. The van der Waals surface area contributed by atoms with E-state index in [4.69, 9.17) is 39.5 Å². The van der Waals surface area contributed by atoms with Gasteiger partial charge in [-0.25, -0.2) is 0 Å². The Morgan fingerprint density at radius 2 is 1.79 bits per heavy atom. The first-order chi connectivity index (χ1) is 13.4. The monoisotopic (exact) mass is 440 g/mol. The number of carbonyl (C=O) groups is 3. The molecule has 0 unspecified atom stereocenters. The van der Waals surface area contributed by atoms with E-state index in [1.54, 1.807) is 42.5 Å². The number of halogens is 3. The highest BCUT2D eigenvalue weighted by atomic mass is 35.5. The number of ether oxygens (including phenoxy) is 1. The molecule has 0 aromatic heterocycles. The van der Waals surface area contributed by atoms with E-state index in [9.17, 15) is 14.4 Å². The van der Waals surface area contributed by atoms with E-state index in [-0.39, 0.29) is 23.9 Å². The molecule has 1 fully saturated rings. The third-order valence-electron chi connectivity index (χ3n) is 4.17. The lowest BCUT2D eigenvalue weighted by molar-refractivity contribution is -0.151. The van der Waals surface area contributed by atoms with E-state index >= 15 is 0 Å². The number of esters is 1. The zero-order valence-corrected chi connectivity index (χ0v) is 16.7. The Morgan fingerprint density at radius 1 is 1.07 bits per heavy atom. The largest absolute Gasteiger partial charge is 0.455 e. The molecule has 1 saturated heterocycles. The summed E-state index contributed by atoms with van der Waals surface area (Å²) in [5.74, 6) is -2.13. The van der Waals surface area contributed by atoms with Gasteiger partial charge in [0, 0.05) is 13.0 Å². The summed E-state index contributed by atoms with van der Waals surface area (Å²) in [5, 5.41) is 3.48. The van der Waals surface area contributed by atoms with E-state index in [0.29, 0.717) is 21.4 Å². The summed E-state index contributed by atoms with van der Waals surface area (Å²) in [5.41, 5.74) is 0.856. The number of anilines is 2. The van der Waals surface area contributed by atoms with Gasteiger partial charge < -0.3 is 15.0 Å². The summed E-state index contributed by atoms with van der Waals surface area (Å²) < 4.78 is 5.05. The summed E-state index contributed by atoms with van der Waals surface area (Å²) >= 11 is 18.1. The molecule has 2 aromatic carbocycles. The number of carbonyl (C=O) groups excluding carboxylic acids is 3. The lowest BCUT2D eigenvalue weighted by Gasteiger charge is -2.18. The highest BCUT2D eigenvalue weighted by molar-refractivity contribution is 6.44. The SMILES string of the molecule is O=C(COC(=O)[C@H]1CC(=O)N(c2cccc(Cl)c2Cl)C1)Nc1ccccc1Cl. The maximum Gasteiger partial charge on any atom is 0.311 e. The number of benzene rings is 2. The van der Waals surface area contributed by atoms with Crippen molar-refractivity contribution in [2.24, 2.45) is 5.92 Å². The maximum absolute atomic E-state index is 12.3. The van der Waals surface area contributed by atoms with E-state index < -0.39 is 24.4 Å². The van der Waals surface area contributed by atoms with E-state index in [1.807, 2.05) is 0 Å². The van der Waals surface area contributed by atoms with Crippen molar-refractivity contribution in [3.05, 3.63) is 57.5 Å². The van der Waals surface area contributed by atoms with Crippen LogP contribution in [-0.2, 0) is 19.1 Å². The first-order valence-electron chi connectivity index (χ1n) is 8.32. The zero-order chi connectivity index (χ0) is 20.3. The Bertz CT molecular complexity index is 935. The molecule has 1 atom stereocenters. The van der Waals surface area contributed by atoms with Gasteiger partial charge >= 0.3 is 5.97 Å². The van der Waals surface area contributed by atoms with E-state index in [1.165, 1.54) is 4.90 Å². The summed E-state index contributed by atoms with van der Waals surface area (Å²) in [6.45, 7) is -0.378. The molecule has 0 radical (unpaired) electrons. The van der Waals surface area contributed by atoms with Gasteiger partial charge in [0.15, 0.2) is 6.61 Å². The van der Waals surface area contributed by atoms with Crippen molar-refractivity contribution in [1.82, 2.24) is 0 Å². The van der Waals surface area contributed by atoms with Crippen molar-refractivity contribution in [1.29, 1.82) is 0 Å². The topological polar surface area (TPSA) is 75.7 Å². The molecule has 3 rings (SSSR count). The van der Waals surface area contributed by atoms with Crippen molar-refractivity contribution in [3.63, 3.8) is 0 Å². The summed E-state index contributed by atoms with van der Waals surface area (Å²) in [6.07, 6.45) is -0.0339. The number of para-hydroxylation sites is 1. The molecule has 0 aliphatic carbocycles. The molecule has 2 aromatic rings. The molecule has 0 saturated carbocycles. The number of hydrogen-bond donors (Lipinski definition) is 1. The third kappa shape index (κ3) is 4.58. The predicted octanol–water partition coefficient (Wildman–Crippen LogP) is 4.18. The second-order valence-corrected chi connectivity index (χ2v) is 7.31. The van der Waals surface area contributed by atoms with Gasteiger partial charge in [-0.05, 0) is 24.3 Å². The highest BCUT2D eigenvalue weighted by Gasteiger charge is 2.37. The van der Waals surface area contributed by atoms with Gasteiger partial charge in [-0.15, -0.1) is 0 Å². The molecule has 28 heavy (non-hydrogen) atoms. The van der Waals surface area contributed by atoms with Crippen molar-refractivity contribution < 1.29 is 19.1 Å². The van der Waals surface area contributed by atoms with Crippen molar-refractivity contribution in [2.75, 3.05) is 23.4 Å². The molecular weight excluding hydrogens is 427 g/mol. The lowest BCUT2D eigenvalue weighted by Crippen LogP contribution is -2.28. The Hall–Kier alpha value is -2.28. The number of rotatable bonds is 5. The van der Waals surface area contributed by atoms with Crippen LogP contribution in [0.1, 0.15) is 6.42 Å². The summed E-state index contributed by atoms with van der Waals surface area (Å²) in [6, 6.07) is 11.6. The normalized spacial score (nSPS) is 16.2. The molecule has 1 aliphatic heterocycles. The fourth-order valence-corrected chi connectivity index (χ4v) is 3.38. The molecule has 1 N–H and O–H groups in total. The van der Waals surface area contributed by atoms with Crippen LogP contribution in [-0.4, -0.2) is 30.9 Å². The fraction of sp³-hybridized carbons (Fsp3) is 0.211. The molecule has 0 spiro atoms. The molecule has 146 valence electrons. The molecule has 1 aliphatic rings. The number of amides is 2. The van der Waals surface area contributed by atoms with Gasteiger partial charge in [0.25, 0.3) is 5.91 Å². The number of nitrogens with one attached hydrogen (secondary N) is 1. The van der Waals surface area contributed by atoms with Crippen LogP contribution in [0.25, 0.3) is 0 Å². The van der Waals surface area contributed by atoms with Gasteiger partial charge in [-0.2, -0.15) is 0 Å². The molecular formula is C19H15Cl3N2O4. The van der Waals surface area contributed by atoms with Crippen LogP contribution in [0.5, 0.6) is 0 Å². The zero-order valence-electron chi connectivity index (χ0n) is 14.5. The molecule has 1 heterocycles. The summed E-state index contributed by atoms with van der Waals surface area (Å²) in [7, 11) is 0. The van der Waals surface area contributed by atoms with Gasteiger partial charge in [0.1, 0.15) is 0 Å². The minimum atomic E-state index is -0.698.